The van der Waals surface area contributed by atoms with E-state index in [1.807, 2.05) is 0 Å². The molecule has 0 fully saturated rings. The molecular weight excluding hydrogens is 213 g/mol. The molecule has 5 heteroatoms. The minimum absolute atomic E-state index is 0.206. The molecule has 1 rings (SSSR count). The molecule has 0 aromatic heterocycles. The quantitative estimate of drug-likeness (QED) is 0.823. The van der Waals surface area contributed by atoms with E-state index in [2.05, 4.69) is 5.32 Å². The highest BCUT2D eigenvalue weighted by Crippen LogP contribution is 2.25. The molecule has 0 saturated heterocycles. The summed E-state index contributed by atoms with van der Waals surface area (Å²) in [5, 5.41) is 11.9. The first-order valence-corrected chi connectivity index (χ1v) is 4.72. The van der Waals surface area contributed by atoms with Crippen LogP contribution in [0, 0.1) is 5.82 Å². The zero-order valence-electron chi connectivity index (χ0n) is 9.37. The zero-order valence-corrected chi connectivity index (χ0v) is 9.37. The van der Waals surface area contributed by atoms with Gasteiger partial charge in [-0.15, -0.1) is 0 Å². The van der Waals surface area contributed by atoms with Crippen LogP contribution in [-0.4, -0.2) is 23.7 Å². The molecule has 4 nitrogen and oxygen atoms in total. The molecular formula is C11H14FNO3. The molecule has 0 unspecified atom stereocenters. The molecule has 1 amide bonds. The summed E-state index contributed by atoms with van der Waals surface area (Å²) in [7, 11) is 1.37. The van der Waals surface area contributed by atoms with Crippen LogP contribution in [-0.2, 0) is 4.79 Å². The number of carbonyl (C=O) groups is 1. The van der Waals surface area contributed by atoms with Gasteiger partial charge in [-0.1, -0.05) is 0 Å². The fourth-order valence-corrected chi connectivity index (χ4v) is 1.04. The van der Waals surface area contributed by atoms with Gasteiger partial charge in [0.15, 0.2) is 0 Å². The van der Waals surface area contributed by atoms with Gasteiger partial charge in [0.1, 0.15) is 17.2 Å². The molecule has 0 saturated carbocycles. The second kappa shape index (κ2) is 4.49. The largest absolute Gasteiger partial charge is 0.494 e. The highest BCUT2D eigenvalue weighted by molar-refractivity contribution is 5.97. The van der Waals surface area contributed by atoms with Crippen LogP contribution < -0.4 is 10.1 Å². The average Bonchev–Trinajstić information content (AvgIpc) is 2.19. The Morgan fingerprint density at radius 3 is 2.62 bits per heavy atom. The molecule has 0 radical (unpaired) electrons. The number of aliphatic hydroxyl groups is 1. The minimum atomic E-state index is -1.50. The van der Waals surface area contributed by atoms with Crippen molar-refractivity contribution in [2.45, 2.75) is 19.4 Å². The molecule has 0 atom stereocenters. The molecule has 1 aromatic carbocycles. The van der Waals surface area contributed by atoms with Gasteiger partial charge in [0.25, 0.3) is 5.91 Å². The summed E-state index contributed by atoms with van der Waals surface area (Å²) < 4.78 is 17.8. The first-order chi connectivity index (χ1) is 7.34. The number of methoxy groups -OCH3 is 1. The minimum Gasteiger partial charge on any atom is -0.494 e. The smallest absolute Gasteiger partial charge is 0.255 e. The van der Waals surface area contributed by atoms with E-state index < -0.39 is 17.3 Å². The van der Waals surface area contributed by atoms with Gasteiger partial charge in [-0.2, -0.15) is 0 Å². The van der Waals surface area contributed by atoms with Gasteiger partial charge in [-0.25, -0.2) is 4.39 Å². The van der Waals surface area contributed by atoms with E-state index in [0.717, 1.165) is 6.07 Å². The van der Waals surface area contributed by atoms with Crippen LogP contribution in [0.25, 0.3) is 0 Å². The van der Waals surface area contributed by atoms with Crippen molar-refractivity contribution in [3.8, 4) is 5.75 Å². The standard InChI is InChI=1S/C11H14FNO3/c1-11(2,15)10(14)13-8-5-4-7(12)6-9(8)16-3/h4-6,15H,1-3H3,(H,13,14). The maximum Gasteiger partial charge on any atom is 0.255 e. The molecule has 0 bridgehead atoms. The summed E-state index contributed by atoms with van der Waals surface area (Å²) in [6, 6.07) is 3.72. The van der Waals surface area contributed by atoms with Crippen molar-refractivity contribution in [1.29, 1.82) is 0 Å². The SMILES string of the molecule is COc1cc(F)ccc1NC(=O)C(C)(C)O. The Balaban J connectivity index is 2.93. The molecule has 2 N–H and O–H groups in total. The van der Waals surface area contributed by atoms with Crippen LogP contribution in [0.3, 0.4) is 0 Å². The second-order valence-corrected chi connectivity index (χ2v) is 3.86. The number of hydrogen-bond donors (Lipinski definition) is 2. The first kappa shape index (κ1) is 12.4. The van der Waals surface area contributed by atoms with Crippen molar-refractivity contribution in [1.82, 2.24) is 0 Å². The molecule has 0 heterocycles. The third-order valence-corrected chi connectivity index (χ3v) is 1.97. The maximum atomic E-state index is 12.9. The third-order valence-electron chi connectivity index (χ3n) is 1.97. The van der Waals surface area contributed by atoms with E-state index in [9.17, 15) is 14.3 Å². The molecule has 1 aromatic rings. The lowest BCUT2D eigenvalue weighted by atomic mass is 10.1. The predicted octanol–water partition coefficient (Wildman–Crippen LogP) is 1.54. The summed E-state index contributed by atoms with van der Waals surface area (Å²) in [5.74, 6) is -0.840. The van der Waals surface area contributed by atoms with Gasteiger partial charge in [0.05, 0.1) is 12.8 Å². The normalized spacial score (nSPS) is 11.1. The fraction of sp³-hybridized carbons (Fsp3) is 0.364. The summed E-state index contributed by atoms with van der Waals surface area (Å²) in [6.45, 7) is 2.72. The van der Waals surface area contributed by atoms with E-state index in [1.54, 1.807) is 0 Å². The number of amides is 1. The Bertz CT molecular complexity index is 399. The monoisotopic (exact) mass is 227 g/mol. The molecule has 0 spiro atoms. The van der Waals surface area contributed by atoms with Gasteiger partial charge in [-0.05, 0) is 26.0 Å². The van der Waals surface area contributed by atoms with Crippen LogP contribution in [0.4, 0.5) is 10.1 Å². The molecule has 0 aliphatic rings. The van der Waals surface area contributed by atoms with Crippen LogP contribution >= 0.6 is 0 Å². The Morgan fingerprint density at radius 2 is 2.12 bits per heavy atom. The number of halogens is 1. The second-order valence-electron chi connectivity index (χ2n) is 3.86. The maximum absolute atomic E-state index is 12.9. The van der Waals surface area contributed by atoms with Crippen molar-refractivity contribution in [2.75, 3.05) is 12.4 Å². The fourth-order valence-electron chi connectivity index (χ4n) is 1.04. The number of nitrogens with one attached hydrogen (secondary N) is 1. The van der Waals surface area contributed by atoms with Crippen molar-refractivity contribution in [3.05, 3.63) is 24.0 Å². The summed E-state index contributed by atoms with van der Waals surface area (Å²) in [5.41, 5.74) is -1.18. The molecule has 0 aliphatic heterocycles. The van der Waals surface area contributed by atoms with E-state index in [1.165, 1.54) is 33.1 Å². The number of ether oxygens (including phenoxy) is 1. The predicted molar refractivity (Wildman–Crippen MR) is 57.9 cm³/mol. The van der Waals surface area contributed by atoms with Gasteiger partial charge in [-0.3, -0.25) is 4.79 Å². The summed E-state index contributed by atoms with van der Waals surface area (Å²) in [4.78, 5) is 11.5. The number of anilines is 1. The van der Waals surface area contributed by atoms with E-state index in [4.69, 9.17) is 4.74 Å². The molecule has 88 valence electrons. The first-order valence-electron chi connectivity index (χ1n) is 4.72. The lowest BCUT2D eigenvalue weighted by Gasteiger charge is -2.17. The van der Waals surface area contributed by atoms with Gasteiger partial charge < -0.3 is 15.2 Å². The number of hydrogen-bond acceptors (Lipinski definition) is 3. The summed E-state index contributed by atoms with van der Waals surface area (Å²) in [6.07, 6.45) is 0. The van der Waals surface area contributed by atoms with Crippen molar-refractivity contribution < 1.29 is 19.0 Å². The Morgan fingerprint density at radius 1 is 1.50 bits per heavy atom. The van der Waals surface area contributed by atoms with Crippen LogP contribution in [0.2, 0.25) is 0 Å². The average molecular weight is 227 g/mol. The highest BCUT2D eigenvalue weighted by Gasteiger charge is 2.24. The van der Waals surface area contributed by atoms with Gasteiger partial charge in [0, 0.05) is 6.07 Å². The number of rotatable bonds is 3. The van der Waals surface area contributed by atoms with Crippen LogP contribution in [0.15, 0.2) is 18.2 Å². The Hall–Kier alpha value is -1.62. The molecule has 16 heavy (non-hydrogen) atoms. The number of benzene rings is 1. The topological polar surface area (TPSA) is 58.6 Å². The zero-order chi connectivity index (χ0) is 12.3. The van der Waals surface area contributed by atoms with E-state index in [-0.39, 0.29) is 5.75 Å². The molecule has 0 aliphatic carbocycles. The lowest BCUT2D eigenvalue weighted by Crippen LogP contribution is -2.36. The van der Waals surface area contributed by atoms with Crippen LogP contribution in [0.5, 0.6) is 5.75 Å². The number of carbonyl (C=O) groups excluding carboxylic acids is 1. The van der Waals surface area contributed by atoms with Crippen molar-refractivity contribution >= 4 is 11.6 Å². The van der Waals surface area contributed by atoms with Gasteiger partial charge >= 0.3 is 0 Å². The van der Waals surface area contributed by atoms with Crippen LogP contribution in [0.1, 0.15) is 13.8 Å². The Labute approximate surface area is 93.0 Å². The highest BCUT2D eigenvalue weighted by atomic mass is 19.1. The van der Waals surface area contributed by atoms with Crippen molar-refractivity contribution in [2.24, 2.45) is 0 Å². The van der Waals surface area contributed by atoms with Gasteiger partial charge in [0.2, 0.25) is 0 Å². The van der Waals surface area contributed by atoms with E-state index in [0.29, 0.717) is 5.69 Å². The van der Waals surface area contributed by atoms with E-state index >= 15 is 0 Å². The summed E-state index contributed by atoms with van der Waals surface area (Å²) >= 11 is 0. The van der Waals surface area contributed by atoms with Crippen molar-refractivity contribution in [3.63, 3.8) is 0 Å². The lowest BCUT2D eigenvalue weighted by molar-refractivity contribution is -0.130. The Kier molecular flexibility index (Phi) is 3.49. The third kappa shape index (κ3) is 2.93.